The van der Waals surface area contributed by atoms with Crippen LogP contribution < -0.4 is 16.2 Å². The number of hydrazine groups is 1. The highest BCUT2D eigenvalue weighted by Crippen LogP contribution is 2.14. The van der Waals surface area contributed by atoms with E-state index in [0.717, 1.165) is 5.69 Å². The zero-order valence-electron chi connectivity index (χ0n) is 10.5. The molecule has 0 unspecified atom stereocenters. The van der Waals surface area contributed by atoms with E-state index in [1.165, 1.54) is 0 Å². The molecule has 0 aliphatic heterocycles. The van der Waals surface area contributed by atoms with Crippen LogP contribution in [0.15, 0.2) is 30.3 Å². The molecule has 2 rings (SSSR count). The first kappa shape index (κ1) is 13.9. The number of carbonyl (C=O) groups is 2. The Labute approximate surface area is 119 Å². The smallest absolute Gasteiger partial charge is 0.307 e. The van der Waals surface area contributed by atoms with Gasteiger partial charge in [-0.3, -0.25) is 15.3 Å². The topological polar surface area (TPSA) is 98.9 Å². The fourth-order valence-electron chi connectivity index (χ4n) is 1.44. The molecule has 104 valence electrons. The SMILES string of the molecule is Cc1cc(C(=O)NNC(=O)Nc2cccc(Cl)c2)n[nH]1. The standard InChI is InChI=1S/C12H12ClN5O2/c1-7-5-10(16-15-7)11(19)17-18-12(20)14-9-4-2-3-8(13)6-9/h2-6H,1H3,(H,15,16)(H,17,19)(H2,14,18,20). The highest BCUT2D eigenvalue weighted by molar-refractivity contribution is 6.30. The number of anilines is 1. The molecule has 0 spiro atoms. The number of halogens is 1. The number of nitrogens with zero attached hydrogens (tertiary/aromatic N) is 1. The van der Waals surface area contributed by atoms with Gasteiger partial charge in [-0.25, -0.2) is 10.2 Å². The predicted molar refractivity (Wildman–Crippen MR) is 74.4 cm³/mol. The van der Waals surface area contributed by atoms with Gasteiger partial charge in [0.2, 0.25) is 0 Å². The molecule has 3 amide bonds. The molecular formula is C12H12ClN5O2. The van der Waals surface area contributed by atoms with Crippen LogP contribution in [0, 0.1) is 6.92 Å². The Hall–Kier alpha value is -2.54. The summed E-state index contributed by atoms with van der Waals surface area (Å²) in [7, 11) is 0. The van der Waals surface area contributed by atoms with Crippen molar-refractivity contribution in [2.24, 2.45) is 0 Å². The summed E-state index contributed by atoms with van der Waals surface area (Å²) in [5.74, 6) is -0.518. The minimum absolute atomic E-state index is 0.186. The van der Waals surface area contributed by atoms with Gasteiger partial charge in [0, 0.05) is 16.4 Å². The van der Waals surface area contributed by atoms with Crippen molar-refractivity contribution in [1.82, 2.24) is 21.0 Å². The van der Waals surface area contributed by atoms with Gasteiger partial charge in [0.15, 0.2) is 5.69 Å². The molecule has 20 heavy (non-hydrogen) atoms. The van der Waals surface area contributed by atoms with Crippen molar-refractivity contribution < 1.29 is 9.59 Å². The molecule has 0 aliphatic rings. The van der Waals surface area contributed by atoms with E-state index < -0.39 is 11.9 Å². The number of benzene rings is 1. The van der Waals surface area contributed by atoms with Gasteiger partial charge in [-0.05, 0) is 31.2 Å². The number of carbonyl (C=O) groups excluding carboxylic acids is 2. The maximum Gasteiger partial charge on any atom is 0.337 e. The number of hydrogen-bond acceptors (Lipinski definition) is 3. The van der Waals surface area contributed by atoms with Crippen LogP contribution in [0.5, 0.6) is 0 Å². The Balaban J connectivity index is 1.85. The summed E-state index contributed by atoms with van der Waals surface area (Å²) in [5, 5.41) is 9.41. The van der Waals surface area contributed by atoms with E-state index in [0.29, 0.717) is 10.7 Å². The number of urea groups is 1. The second-order valence-corrected chi connectivity index (χ2v) is 4.42. The summed E-state index contributed by atoms with van der Waals surface area (Å²) < 4.78 is 0. The summed E-state index contributed by atoms with van der Waals surface area (Å²) in [4.78, 5) is 23.2. The van der Waals surface area contributed by atoms with Gasteiger partial charge in [-0.2, -0.15) is 5.10 Å². The van der Waals surface area contributed by atoms with E-state index in [9.17, 15) is 9.59 Å². The van der Waals surface area contributed by atoms with Crippen molar-refractivity contribution in [3.8, 4) is 0 Å². The first-order valence-corrected chi connectivity index (χ1v) is 6.07. The third-order valence-electron chi connectivity index (χ3n) is 2.31. The number of nitrogens with one attached hydrogen (secondary N) is 4. The zero-order valence-corrected chi connectivity index (χ0v) is 11.3. The van der Waals surface area contributed by atoms with Crippen LogP contribution in [0.25, 0.3) is 0 Å². The van der Waals surface area contributed by atoms with Gasteiger partial charge in [0.25, 0.3) is 5.91 Å². The van der Waals surface area contributed by atoms with E-state index in [1.54, 1.807) is 37.3 Å². The summed E-state index contributed by atoms with van der Waals surface area (Å²) in [6.45, 7) is 1.77. The van der Waals surface area contributed by atoms with Gasteiger partial charge in [0.1, 0.15) is 0 Å². The third kappa shape index (κ3) is 3.72. The molecule has 0 fully saturated rings. The van der Waals surface area contributed by atoms with Gasteiger partial charge >= 0.3 is 6.03 Å². The van der Waals surface area contributed by atoms with Gasteiger partial charge in [-0.15, -0.1) is 0 Å². The van der Waals surface area contributed by atoms with Gasteiger partial charge in [-0.1, -0.05) is 17.7 Å². The molecule has 2 aromatic rings. The third-order valence-corrected chi connectivity index (χ3v) is 2.55. The minimum Gasteiger partial charge on any atom is -0.307 e. The van der Waals surface area contributed by atoms with Crippen LogP contribution in [-0.2, 0) is 0 Å². The number of amides is 3. The lowest BCUT2D eigenvalue weighted by atomic mass is 10.3. The molecule has 1 aromatic heterocycles. The fourth-order valence-corrected chi connectivity index (χ4v) is 1.63. The normalized spacial score (nSPS) is 9.90. The molecule has 0 bridgehead atoms. The van der Waals surface area contributed by atoms with Crippen LogP contribution in [0.3, 0.4) is 0 Å². The average Bonchev–Trinajstić information content (AvgIpc) is 2.83. The second-order valence-electron chi connectivity index (χ2n) is 3.98. The Morgan fingerprint density at radius 2 is 2.05 bits per heavy atom. The maximum absolute atomic E-state index is 11.6. The van der Waals surface area contributed by atoms with Crippen LogP contribution in [0.1, 0.15) is 16.2 Å². The second kappa shape index (κ2) is 6.07. The Kier molecular flexibility index (Phi) is 4.21. The van der Waals surface area contributed by atoms with Gasteiger partial charge < -0.3 is 5.32 Å². The van der Waals surface area contributed by atoms with E-state index >= 15 is 0 Å². The number of aryl methyl sites for hydroxylation is 1. The molecule has 0 saturated heterocycles. The van der Waals surface area contributed by atoms with E-state index in [2.05, 4.69) is 26.4 Å². The largest absolute Gasteiger partial charge is 0.337 e. The quantitative estimate of drug-likeness (QED) is 0.636. The molecule has 4 N–H and O–H groups in total. The maximum atomic E-state index is 11.6. The van der Waals surface area contributed by atoms with Crippen molar-refractivity contribution >= 4 is 29.2 Å². The number of hydrogen-bond donors (Lipinski definition) is 4. The Morgan fingerprint density at radius 1 is 1.25 bits per heavy atom. The predicted octanol–water partition coefficient (Wildman–Crippen LogP) is 1.84. The first-order chi connectivity index (χ1) is 9.54. The summed E-state index contributed by atoms with van der Waals surface area (Å²) in [6, 6.07) is 7.61. The van der Waals surface area contributed by atoms with Gasteiger partial charge in [0.05, 0.1) is 0 Å². The van der Waals surface area contributed by atoms with E-state index in [-0.39, 0.29) is 5.69 Å². The highest BCUT2D eigenvalue weighted by Gasteiger charge is 2.10. The molecule has 1 aromatic carbocycles. The molecule has 7 nitrogen and oxygen atoms in total. The van der Waals surface area contributed by atoms with Crippen molar-refractivity contribution in [3.05, 3.63) is 46.7 Å². The lowest BCUT2D eigenvalue weighted by molar-refractivity contribution is 0.0933. The molecule has 0 aliphatic carbocycles. The van der Waals surface area contributed by atoms with E-state index in [1.807, 2.05) is 0 Å². The number of aromatic amines is 1. The van der Waals surface area contributed by atoms with Crippen LogP contribution in [0.2, 0.25) is 5.02 Å². The molecular weight excluding hydrogens is 282 g/mol. The summed E-state index contributed by atoms with van der Waals surface area (Å²) >= 11 is 5.78. The Morgan fingerprint density at radius 3 is 2.70 bits per heavy atom. The minimum atomic E-state index is -0.590. The Bertz CT molecular complexity index is 640. The van der Waals surface area contributed by atoms with Crippen molar-refractivity contribution in [1.29, 1.82) is 0 Å². The molecule has 1 heterocycles. The summed E-state index contributed by atoms with van der Waals surface area (Å²) in [6.07, 6.45) is 0. The zero-order chi connectivity index (χ0) is 14.5. The number of H-pyrrole nitrogens is 1. The van der Waals surface area contributed by atoms with Crippen molar-refractivity contribution in [2.75, 3.05) is 5.32 Å². The fraction of sp³-hybridized carbons (Fsp3) is 0.0833. The summed E-state index contributed by atoms with van der Waals surface area (Å²) in [5.41, 5.74) is 5.89. The lowest BCUT2D eigenvalue weighted by Gasteiger charge is -2.08. The van der Waals surface area contributed by atoms with E-state index in [4.69, 9.17) is 11.6 Å². The monoisotopic (exact) mass is 293 g/mol. The number of rotatable bonds is 2. The van der Waals surface area contributed by atoms with Crippen molar-refractivity contribution in [2.45, 2.75) is 6.92 Å². The van der Waals surface area contributed by atoms with Crippen LogP contribution in [0.4, 0.5) is 10.5 Å². The molecule has 8 heteroatoms. The molecule has 0 radical (unpaired) electrons. The first-order valence-electron chi connectivity index (χ1n) is 5.69. The van der Waals surface area contributed by atoms with Crippen LogP contribution >= 0.6 is 11.6 Å². The highest BCUT2D eigenvalue weighted by atomic mass is 35.5. The molecule has 0 saturated carbocycles. The van der Waals surface area contributed by atoms with Crippen LogP contribution in [-0.4, -0.2) is 22.1 Å². The average molecular weight is 294 g/mol. The van der Waals surface area contributed by atoms with Crippen molar-refractivity contribution in [3.63, 3.8) is 0 Å². The molecule has 0 atom stereocenters. The lowest BCUT2D eigenvalue weighted by Crippen LogP contribution is -2.44. The number of aromatic nitrogens is 2.